The lowest BCUT2D eigenvalue weighted by Crippen LogP contribution is -2.18. The Morgan fingerprint density at radius 1 is 1.37 bits per heavy atom. The minimum atomic E-state index is 0.224. The number of thiophene rings is 1. The molecule has 0 fully saturated rings. The lowest BCUT2D eigenvalue weighted by atomic mass is 10.1. The van der Waals surface area contributed by atoms with Crippen LogP contribution in [0.1, 0.15) is 16.7 Å². The lowest BCUT2D eigenvalue weighted by Gasteiger charge is -2.11. The molecule has 0 aliphatic rings. The number of hydrogen-bond donors (Lipinski definition) is 1. The first-order chi connectivity index (χ1) is 9.26. The number of nitrogens with one attached hydrogen (secondary N) is 1. The van der Waals surface area contributed by atoms with Gasteiger partial charge in [0.1, 0.15) is 0 Å². The molecular formula is C13H15N5S. The summed E-state index contributed by atoms with van der Waals surface area (Å²) in [5.74, 6) is 0.763. The van der Waals surface area contributed by atoms with E-state index in [0.29, 0.717) is 0 Å². The molecule has 98 valence electrons. The van der Waals surface area contributed by atoms with Crippen LogP contribution in [0.5, 0.6) is 0 Å². The minimum absolute atomic E-state index is 0.224. The number of rotatable bonds is 4. The molecule has 0 radical (unpaired) electrons. The van der Waals surface area contributed by atoms with E-state index in [0.717, 1.165) is 12.2 Å². The highest BCUT2D eigenvalue weighted by Gasteiger charge is 2.15. The summed E-state index contributed by atoms with van der Waals surface area (Å²) in [7, 11) is 3.75. The van der Waals surface area contributed by atoms with Crippen LogP contribution in [0.15, 0.2) is 30.3 Å². The van der Waals surface area contributed by atoms with Gasteiger partial charge in [-0.05, 0) is 29.8 Å². The summed E-state index contributed by atoms with van der Waals surface area (Å²) < 4.78 is 1.31. The smallest absolute Gasteiger partial charge is 0.176 e. The Kier molecular flexibility index (Phi) is 3.27. The number of nitrogens with zero attached hydrogens (tertiary/aromatic N) is 4. The van der Waals surface area contributed by atoms with Crippen LogP contribution in [0, 0.1) is 0 Å². The fraction of sp³-hybridized carbons (Fsp3) is 0.308. The van der Waals surface area contributed by atoms with Crippen LogP contribution in [0.4, 0.5) is 0 Å². The van der Waals surface area contributed by atoms with Gasteiger partial charge in [-0.1, -0.05) is 18.2 Å². The molecule has 3 rings (SSSR count). The molecule has 0 bridgehead atoms. The van der Waals surface area contributed by atoms with Crippen molar-refractivity contribution in [3.8, 4) is 0 Å². The molecule has 19 heavy (non-hydrogen) atoms. The molecule has 0 saturated heterocycles. The first kappa shape index (κ1) is 12.3. The van der Waals surface area contributed by atoms with Crippen molar-refractivity contribution in [3.05, 3.63) is 41.0 Å². The molecule has 2 heterocycles. The average molecular weight is 273 g/mol. The zero-order chi connectivity index (χ0) is 13.2. The molecule has 1 aromatic carbocycles. The Morgan fingerprint density at radius 3 is 2.89 bits per heavy atom. The molecule has 1 atom stereocenters. The molecule has 0 aliphatic carbocycles. The predicted octanol–water partition coefficient (Wildman–Crippen LogP) is 1.93. The summed E-state index contributed by atoms with van der Waals surface area (Å²) in [5, 5.41) is 16.8. The van der Waals surface area contributed by atoms with Crippen molar-refractivity contribution in [2.45, 2.75) is 12.5 Å². The Morgan fingerprint density at radius 2 is 2.21 bits per heavy atom. The van der Waals surface area contributed by atoms with E-state index in [1.807, 2.05) is 18.4 Å². The molecule has 2 aromatic heterocycles. The number of aryl methyl sites for hydroxylation is 1. The summed E-state index contributed by atoms with van der Waals surface area (Å²) in [4.78, 5) is 2.80. The summed E-state index contributed by atoms with van der Waals surface area (Å²) in [6.07, 6.45) is 0.747. The Labute approximate surface area is 115 Å². The highest BCUT2D eigenvalue weighted by molar-refractivity contribution is 7.19. The van der Waals surface area contributed by atoms with Gasteiger partial charge in [0.05, 0.1) is 7.05 Å². The van der Waals surface area contributed by atoms with Gasteiger partial charge in [-0.3, -0.25) is 0 Å². The molecule has 0 spiro atoms. The van der Waals surface area contributed by atoms with E-state index in [2.05, 4.69) is 51.1 Å². The van der Waals surface area contributed by atoms with Crippen LogP contribution in [0.3, 0.4) is 0 Å². The quantitative estimate of drug-likeness (QED) is 0.789. The summed E-state index contributed by atoms with van der Waals surface area (Å²) in [6, 6.07) is 10.9. The molecule has 6 heteroatoms. The molecule has 5 nitrogen and oxygen atoms in total. The predicted molar refractivity (Wildman–Crippen MR) is 76.1 cm³/mol. The van der Waals surface area contributed by atoms with E-state index in [-0.39, 0.29) is 6.04 Å². The third-order valence-electron chi connectivity index (χ3n) is 3.07. The van der Waals surface area contributed by atoms with Crippen LogP contribution in [0.2, 0.25) is 0 Å². The van der Waals surface area contributed by atoms with Crippen LogP contribution in [0.25, 0.3) is 10.1 Å². The largest absolute Gasteiger partial charge is 0.312 e. The maximum Gasteiger partial charge on any atom is 0.176 e. The molecule has 0 amide bonds. The van der Waals surface area contributed by atoms with Gasteiger partial charge in [0.2, 0.25) is 0 Å². The maximum atomic E-state index is 4.24. The molecule has 0 aliphatic heterocycles. The Bertz CT molecular complexity index is 654. The van der Waals surface area contributed by atoms with Crippen molar-refractivity contribution in [1.82, 2.24) is 25.5 Å². The van der Waals surface area contributed by atoms with Crippen molar-refractivity contribution >= 4 is 21.4 Å². The van der Waals surface area contributed by atoms with E-state index in [1.54, 1.807) is 7.05 Å². The van der Waals surface area contributed by atoms with E-state index in [9.17, 15) is 0 Å². The van der Waals surface area contributed by atoms with E-state index in [4.69, 9.17) is 0 Å². The topological polar surface area (TPSA) is 55.6 Å². The fourth-order valence-corrected chi connectivity index (χ4v) is 3.28. The van der Waals surface area contributed by atoms with Crippen LogP contribution >= 0.6 is 11.3 Å². The minimum Gasteiger partial charge on any atom is -0.312 e. The SMILES string of the molecule is CNC(Cc1nnn(C)n1)c1cc2ccccc2s1. The highest BCUT2D eigenvalue weighted by atomic mass is 32.1. The fourth-order valence-electron chi connectivity index (χ4n) is 2.11. The normalized spacial score (nSPS) is 12.9. The zero-order valence-corrected chi connectivity index (χ0v) is 11.7. The van der Waals surface area contributed by atoms with E-state index in [1.165, 1.54) is 19.8 Å². The van der Waals surface area contributed by atoms with Gasteiger partial charge in [-0.2, -0.15) is 4.80 Å². The van der Waals surface area contributed by atoms with Gasteiger partial charge in [0.15, 0.2) is 5.82 Å². The summed E-state index contributed by atoms with van der Waals surface area (Å²) in [6.45, 7) is 0. The molecule has 3 aromatic rings. The first-order valence-corrected chi connectivity index (χ1v) is 6.96. The standard InChI is InChI=1S/C13H15N5S/c1-14-10(8-13-15-17-18(2)16-13)12-7-9-5-3-4-6-11(9)19-12/h3-7,10,14H,8H2,1-2H3. The second-order valence-corrected chi connectivity index (χ2v) is 5.54. The number of aromatic nitrogens is 4. The van der Waals surface area contributed by atoms with Gasteiger partial charge in [0, 0.05) is 22.0 Å². The van der Waals surface area contributed by atoms with Crippen LogP contribution in [-0.4, -0.2) is 27.3 Å². The second-order valence-electron chi connectivity index (χ2n) is 4.43. The maximum absolute atomic E-state index is 4.24. The van der Waals surface area contributed by atoms with Gasteiger partial charge in [0.25, 0.3) is 0 Å². The molecule has 0 saturated carbocycles. The van der Waals surface area contributed by atoms with Crippen molar-refractivity contribution in [2.24, 2.45) is 7.05 Å². The number of fused-ring (bicyclic) bond motifs is 1. The van der Waals surface area contributed by atoms with E-state index < -0.39 is 0 Å². The third-order valence-corrected chi connectivity index (χ3v) is 4.30. The van der Waals surface area contributed by atoms with Gasteiger partial charge in [-0.25, -0.2) is 0 Å². The van der Waals surface area contributed by atoms with Gasteiger partial charge < -0.3 is 5.32 Å². The lowest BCUT2D eigenvalue weighted by molar-refractivity contribution is 0.578. The number of hydrogen-bond acceptors (Lipinski definition) is 5. The van der Waals surface area contributed by atoms with Crippen molar-refractivity contribution in [2.75, 3.05) is 7.05 Å². The van der Waals surface area contributed by atoms with E-state index >= 15 is 0 Å². The van der Waals surface area contributed by atoms with Gasteiger partial charge >= 0.3 is 0 Å². The van der Waals surface area contributed by atoms with Crippen molar-refractivity contribution in [3.63, 3.8) is 0 Å². The second kappa shape index (κ2) is 5.07. The summed E-state index contributed by atoms with van der Waals surface area (Å²) >= 11 is 1.81. The number of benzene rings is 1. The van der Waals surface area contributed by atoms with Gasteiger partial charge in [-0.15, -0.1) is 21.5 Å². The van der Waals surface area contributed by atoms with Crippen LogP contribution < -0.4 is 5.32 Å². The number of likely N-dealkylation sites (N-methyl/N-ethyl adjacent to an activating group) is 1. The number of tetrazole rings is 1. The average Bonchev–Trinajstić information content (AvgIpc) is 3.01. The van der Waals surface area contributed by atoms with Crippen molar-refractivity contribution < 1.29 is 0 Å². The highest BCUT2D eigenvalue weighted by Crippen LogP contribution is 2.30. The third kappa shape index (κ3) is 2.50. The van der Waals surface area contributed by atoms with Crippen molar-refractivity contribution in [1.29, 1.82) is 0 Å². The molecule has 1 N–H and O–H groups in total. The van der Waals surface area contributed by atoms with Crippen LogP contribution in [-0.2, 0) is 13.5 Å². The monoisotopic (exact) mass is 273 g/mol. The molecular weight excluding hydrogens is 258 g/mol. The zero-order valence-electron chi connectivity index (χ0n) is 10.9. The summed E-state index contributed by atoms with van der Waals surface area (Å²) in [5.41, 5.74) is 0. The first-order valence-electron chi connectivity index (χ1n) is 6.15. The molecule has 1 unspecified atom stereocenters. The Hall–Kier alpha value is -1.79. The Balaban J connectivity index is 1.88.